The minimum Gasteiger partial charge on any atom is -0.359 e. The first kappa shape index (κ1) is 26.2. The number of halogens is 1. The standard InChI is InChI=1S/C21H37N5OS.HI/c1-6-23-20(25-15-21(3,4)19(27)22-5)24-14-17(18-8-7-13-28-18)26-11-9-16(2)10-12-26;/h7-8,13,16-17H,6,9-12,14-15H2,1-5H3,(H,22,27)(H2,23,24,25);1H. The number of carbonyl (C=O) groups is 1. The molecule has 0 spiro atoms. The van der Waals surface area contributed by atoms with Crippen LogP contribution in [-0.4, -0.2) is 56.5 Å². The topological polar surface area (TPSA) is 68.8 Å². The Morgan fingerprint density at radius 3 is 2.59 bits per heavy atom. The first-order valence-corrected chi connectivity index (χ1v) is 11.3. The van der Waals surface area contributed by atoms with Gasteiger partial charge in [-0.25, -0.2) is 0 Å². The van der Waals surface area contributed by atoms with Crippen molar-refractivity contribution in [3.8, 4) is 0 Å². The Morgan fingerprint density at radius 1 is 1.34 bits per heavy atom. The molecule has 0 saturated carbocycles. The van der Waals surface area contributed by atoms with Crippen molar-refractivity contribution in [2.24, 2.45) is 16.3 Å². The lowest BCUT2D eigenvalue weighted by Gasteiger charge is -2.36. The summed E-state index contributed by atoms with van der Waals surface area (Å²) in [5.74, 6) is 1.59. The van der Waals surface area contributed by atoms with E-state index in [4.69, 9.17) is 0 Å². The van der Waals surface area contributed by atoms with Crippen LogP contribution >= 0.6 is 35.3 Å². The number of piperidine rings is 1. The molecule has 1 aliphatic rings. The predicted molar refractivity (Wildman–Crippen MR) is 134 cm³/mol. The summed E-state index contributed by atoms with van der Waals surface area (Å²) in [5, 5.41) is 11.7. The zero-order valence-corrected chi connectivity index (χ0v) is 21.6. The van der Waals surface area contributed by atoms with Gasteiger partial charge in [0.05, 0.1) is 18.0 Å². The SMILES string of the molecule is CCNC(=NCC(C)(C)C(=O)NC)NCC(c1cccs1)N1CCC(C)CC1.I. The number of hydrogen-bond donors (Lipinski definition) is 3. The molecule has 0 aliphatic carbocycles. The summed E-state index contributed by atoms with van der Waals surface area (Å²) in [7, 11) is 1.67. The molecule has 0 radical (unpaired) electrons. The van der Waals surface area contributed by atoms with E-state index in [0.29, 0.717) is 12.6 Å². The first-order chi connectivity index (χ1) is 13.4. The van der Waals surface area contributed by atoms with Crippen molar-refractivity contribution in [3.05, 3.63) is 22.4 Å². The average Bonchev–Trinajstić information content (AvgIpc) is 3.21. The van der Waals surface area contributed by atoms with Gasteiger partial charge in [0.15, 0.2) is 5.96 Å². The van der Waals surface area contributed by atoms with E-state index in [1.54, 1.807) is 7.05 Å². The number of carbonyl (C=O) groups excluding carboxylic acids is 1. The molecule has 1 unspecified atom stereocenters. The van der Waals surface area contributed by atoms with E-state index in [-0.39, 0.29) is 29.9 Å². The van der Waals surface area contributed by atoms with Crippen LogP contribution < -0.4 is 16.0 Å². The molecule has 2 rings (SSSR count). The lowest BCUT2D eigenvalue weighted by atomic mass is 9.93. The van der Waals surface area contributed by atoms with E-state index in [1.807, 2.05) is 25.2 Å². The molecule has 166 valence electrons. The van der Waals surface area contributed by atoms with Crippen LogP contribution in [0.25, 0.3) is 0 Å². The third-order valence-electron chi connectivity index (χ3n) is 5.41. The van der Waals surface area contributed by atoms with Crippen LogP contribution in [0.2, 0.25) is 0 Å². The second kappa shape index (κ2) is 12.7. The predicted octanol–water partition coefficient (Wildman–Crippen LogP) is 3.47. The Labute approximate surface area is 197 Å². The van der Waals surface area contributed by atoms with Crippen LogP contribution in [0.15, 0.2) is 22.5 Å². The summed E-state index contributed by atoms with van der Waals surface area (Å²) in [4.78, 5) is 20.7. The van der Waals surface area contributed by atoms with E-state index in [9.17, 15) is 4.79 Å². The van der Waals surface area contributed by atoms with Gasteiger partial charge in [-0.2, -0.15) is 0 Å². The molecule has 8 heteroatoms. The number of nitrogens with zero attached hydrogens (tertiary/aromatic N) is 2. The van der Waals surface area contributed by atoms with Gasteiger partial charge in [-0.05, 0) is 64.1 Å². The van der Waals surface area contributed by atoms with Crippen molar-refractivity contribution >= 4 is 47.2 Å². The van der Waals surface area contributed by atoms with Crippen LogP contribution in [0.3, 0.4) is 0 Å². The summed E-state index contributed by atoms with van der Waals surface area (Å²) >= 11 is 1.82. The van der Waals surface area contributed by atoms with Crippen LogP contribution in [0.1, 0.15) is 51.5 Å². The molecule has 29 heavy (non-hydrogen) atoms. The average molecular weight is 536 g/mol. The van der Waals surface area contributed by atoms with Gasteiger partial charge in [-0.1, -0.05) is 13.0 Å². The maximum atomic E-state index is 12.0. The molecule has 0 bridgehead atoms. The van der Waals surface area contributed by atoms with Gasteiger partial charge in [0, 0.05) is 25.0 Å². The highest BCUT2D eigenvalue weighted by Crippen LogP contribution is 2.29. The van der Waals surface area contributed by atoms with E-state index in [1.165, 1.54) is 17.7 Å². The highest BCUT2D eigenvalue weighted by molar-refractivity contribution is 14.0. The largest absolute Gasteiger partial charge is 0.359 e. The van der Waals surface area contributed by atoms with E-state index in [2.05, 4.69) is 57.2 Å². The fraction of sp³-hybridized carbons (Fsp3) is 0.714. The van der Waals surface area contributed by atoms with Crippen molar-refractivity contribution < 1.29 is 4.79 Å². The molecule has 1 aromatic heterocycles. The summed E-state index contributed by atoms with van der Waals surface area (Å²) in [6.07, 6.45) is 2.52. The van der Waals surface area contributed by atoms with Gasteiger partial charge in [-0.15, -0.1) is 35.3 Å². The quantitative estimate of drug-likeness (QED) is 0.271. The van der Waals surface area contributed by atoms with Gasteiger partial charge >= 0.3 is 0 Å². The Balaban J connectivity index is 0.00000420. The lowest BCUT2D eigenvalue weighted by Crippen LogP contribution is -2.45. The molecule has 1 amide bonds. The van der Waals surface area contributed by atoms with Crippen LogP contribution in [0.5, 0.6) is 0 Å². The minimum absolute atomic E-state index is 0. The number of hydrogen-bond acceptors (Lipinski definition) is 4. The summed E-state index contributed by atoms with van der Waals surface area (Å²) in [6.45, 7) is 12.6. The molecule has 1 aromatic rings. The number of aliphatic imine (C=N–C) groups is 1. The molecular formula is C21H38IN5OS. The highest BCUT2D eigenvalue weighted by atomic mass is 127. The van der Waals surface area contributed by atoms with Gasteiger partial charge in [0.25, 0.3) is 0 Å². The highest BCUT2D eigenvalue weighted by Gasteiger charge is 2.27. The Bertz CT molecular complexity index is 627. The van der Waals surface area contributed by atoms with E-state index < -0.39 is 5.41 Å². The fourth-order valence-electron chi connectivity index (χ4n) is 3.45. The van der Waals surface area contributed by atoms with Crippen molar-refractivity contribution in [1.82, 2.24) is 20.9 Å². The van der Waals surface area contributed by atoms with Crippen LogP contribution in [0.4, 0.5) is 0 Å². The normalized spacial score (nSPS) is 17.3. The summed E-state index contributed by atoms with van der Waals surface area (Å²) < 4.78 is 0. The number of thiophene rings is 1. The fourth-order valence-corrected chi connectivity index (χ4v) is 4.31. The molecule has 3 N–H and O–H groups in total. The van der Waals surface area contributed by atoms with Crippen LogP contribution in [0, 0.1) is 11.3 Å². The van der Waals surface area contributed by atoms with Gasteiger partial charge < -0.3 is 16.0 Å². The monoisotopic (exact) mass is 535 g/mol. The zero-order valence-electron chi connectivity index (χ0n) is 18.5. The number of guanidine groups is 1. The molecule has 1 saturated heterocycles. The van der Waals surface area contributed by atoms with E-state index >= 15 is 0 Å². The molecule has 1 aliphatic heterocycles. The molecule has 1 fully saturated rings. The van der Waals surface area contributed by atoms with Gasteiger partial charge in [0.1, 0.15) is 0 Å². The Hall–Kier alpha value is -0.870. The third-order valence-corrected chi connectivity index (χ3v) is 6.39. The second-order valence-corrected chi connectivity index (χ2v) is 9.27. The lowest BCUT2D eigenvalue weighted by molar-refractivity contribution is -0.128. The summed E-state index contributed by atoms with van der Waals surface area (Å²) in [5.41, 5.74) is -0.534. The Kier molecular flexibility index (Phi) is 11.5. The maximum absolute atomic E-state index is 12.0. The van der Waals surface area contributed by atoms with Gasteiger partial charge in [0.2, 0.25) is 5.91 Å². The number of rotatable bonds is 8. The molecule has 1 atom stereocenters. The smallest absolute Gasteiger partial charge is 0.227 e. The van der Waals surface area contributed by atoms with Crippen molar-refractivity contribution in [2.75, 3.05) is 39.8 Å². The molecule has 0 aromatic carbocycles. The number of likely N-dealkylation sites (tertiary alicyclic amines) is 1. The van der Waals surface area contributed by atoms with Gasteiger partial charge in [-0.3, -0.25) is 14.7 Å². The zero-order chi connectivity index (χ0) is 20.6. The van der Waals surface area contributed by atoms with Crippen molar-refractivity contribution in [2.45, 2.75) is 46.6 Å². The number of nitrogens with one attached hydrogen (secondary N) is 3. The van der Waals surface area contributed by atoms with E-state index in [0.717, 1.165) is 38.1 Å². The first-order valence-electron chi connectivity index (χ1n) is 10.4. The molecule has 6 nitrogen and oxygen atoms in total. The number of amides is 1. The maximum Gasteiger partial charge on any atom is 0.227 e. The second-order valence-electron chi connectivity index (χ2n) is 8.29. The Morgan fingerprint density at radius 2 is 2.03 bits per heavy atom. The molecule has 2 heterocycles. The van der Waals surface area contributed by atoms with Crippen molar-refractivity contribution in [3.63, 3.8) is 0 Å². The van der Waals surface area contributed by atoms with Crippen LogP contribution in [-0.2, 0) is 4.79 Å². The molecular weight excluding hydrogens is 497 g/mol. The summed E-state index contributed by atoms with van der Waals surface area (Å²) in [6, 6.07) is 4.71. The van der Waals surface area contributed by atoms with Crippen molar-refractivity contribution in [1.29, 1.82) is 0 Å². The minimum atomic E-state index is -0.534. The third kappa shape index (κ3) is 8.05.